The second-order valence-corrected chi connectivity index (χ2v) is 6.04. The topological polar surface area (TPSA) is 66.4 Å². The molecule has 0 heterocycles. The molecule has 0 aromatic heterocycles. The first-order valence-electron chi connectivity index (χ1n) is 4.89. The van der Waals surface area contributed by atoms with Crippen LogP contribution in [0.25, 0.3) is 0 Å². The lowest BCUT2D eigenvalue weighted by molar-refractivity contribution is 0.0856. The molecule has 0 aliphatic heterocycles. The lowest BCUT2D eigenvalue weighted by atomic mass is 10.1. The number of rotatable bonds is 4. The summed E-state index contributed by atoms with van der Waals surface area (Å²) >= 11 is 0. The van der Waals surface area contributed by atoms with Gasteiger partial charge in [-0.3, -0.25) is 0 Å². The molecule has 0 amide bonds. The maximum Gasteiger partial charge on any atom is 0.246 e. The van der Waals surface area contributed by atoms with Crippen molar-refractivity contribution in [3.8, 4) is 0 Å². The molecule has 4 nitrogen and oxygen atoms in total. The molecule has 0 aliphatic rings. The Balaban J connectivity index is 3.14. The van der Waals surface area contributed by atoms with Gasteiger partial charge in [0.05, 0.1) is 5.60 Å². The summed E-state index contributed by atoms with van der Waals surface area (Å²) < 4.78 is 64.2. The van der Waals surface area contributed by atoms with Crippen molar-refractivity contribution in [2.24, 2.45) is 0 Å². The first kappa shape index (κ1) is 14.9. The predicted molar refractivity (Wildman–Crippen MR) is 57.8 cm³/mol. The Morgan fingerprint density at radius 1 is 1.22 bits per heavy atom. The number of nitrogens with one attached hydrogen (secondary N) is 1. The lowest BCUT2D eigenvalue weighted by Gasteiger charge is -2.18. The number of benzene rings is 1. The molecule has 0 spiro atoms. The Bertz CT molecular complexity index is 529. The molecule has 0 saturated heterocycles. The van der Waals surface area contributed by atoms with Crippen LogP contribution in [0.1, 0.15) is 13.8 Å². The highest BCUT2D eigenvalue weighted by molar-refractivity contribution is 7.89. The Morgan fingerprint density at radius 3 is 2.06 bits per heavy atom. The van der Waals surface area contributed by atoms with E-state index in [1.165, 1.54) is 13.8 Å². The fourth-order valence-electron chi connectivity index (χ4n) is 1.13. The van der Waals surface area contributed by atoms with Gasteiger partial charge in [-0.15, -0.1) is 0 Å². The first-order valence-corrected chi connectivity index (χ1v) is 6.38. The zero-order valence-corrected chi connectivity index (χ0v) is 10.5. The number of aliphatic hydroxyl groups is 1. The van der Waals surface area contributed by atoms with E-state index in [-0.39, 0.29) is 12.1 Å². The van der Waals surface area contributed by atoms with Crippen molar-refractivity contribution in [1.29, 1.82) is 0 Å². The maximum absolute atomic E-state index is 13.3. The van der Waals surface area contributed by atoms with Crippen molar-refractivity contribution >= 4 is 10.0 Å². The van der Waals surface area contributed by atoms with Crippen LogP contribution in [0, 0.1) is 17.5 Å². The van der Waals surface area contributed by atoms with Crippen LogP contribution in [0.4, 0.5) is 13.2 Å². The van der Waals surface area contributed by atoms with Gasteiger partial charge in [-0.25, -0.2) is 26.3 Å². The quantitative estimate of drug-likeness (QED) is 0.871. The summed E-state index contributed by atoms with van der Waals surface area (Å²) in [6.45, 7) is 2.19. The molecular formula is C10H12F3NO3S. The molecule has 0 saturated carbocycles. The van der Waals surface area contributed by atoms with Gasteiger partial charge in [0.15, 0.2) is 4.90 Å². The highest BCUT2D eigenvalue weighted by Gasteiger charge is 2.26. The molecule has 0 bridgehead atoms. The van der Waals surface area contributed by atoms with Gasteiger partial charge in [0.1, 0.15) is 17.5 Å². The van der Waals surface area contributed by atoms with E-state index in [4.69, 9.17) is 0 Å². The Hall–Kier alpha value is -1.12. The number of hydrogen-bond acceptors (Lipinski definition) is 3. The molecule has 0 unspecified atom stereocenters. The van der Waals surface area contributed by atoms with Crippen LogP contribution in [0.5, 0.6) is 0 Å². The maximum atomic E-state index is 13.3. The molecule has 18 heavy (non-hydrogen) atoms. The summed E-state index contributed by atoms with van der Waals surface area (Å²) in [5, 5.41) is 9.34. The van der Waals surface area contributed by atoms with E-state index < -0.39 is 44.5 Å². The Kier molecular flexibility index (Phi) is 4.04. The number of hydrogen-bond donors (Lipinski definition) is 2. The summed E-state index contributed by atoms with van der Waals surface area (Å²) in [6, 6.07) is 0.531. The largest absolute Gasteiger partial charge is 0.389 e. The summed E-state index contributed by atoms with van der Waals surface area (Å²) in [4.78, 5) is -1.27. The van der Waals surface area contributed by atoms with Crippen molar-refractivity contribution in [1.82, 2.24) is 4.72 Å². The van der Waals surface area contributed by atoms with Gasteiger partial charge in [0, 0.05) is 18.7 Å². The summed E-state index contributed by atoms with van der Waals surface area (Å²) in [7, 11) is -4.50. The molecule has 1 aromatic rings. The predicted octanol–water partition coefficient (Wildman–Crippen LogP) is 1.15. The van der Waals surface area contributed by atoms with Crippen LogP contribution in [0.15, 0.2) is 17.0 Å². The first-order chi connectivity index (χ1) is 8.03. The van der Waals surface area contributed by atoms with Crippen LogP contribution >= 0.6 is 0 Å². The molecule has 8 heteroatoms. The molecule has 0 fully saturated rings. The molecular weight excluding hydrogens is 271 g/mol. The second kappa shape index (κ2) is 4.87. The van der Waals surface area contributed by atoms with Crippen LogP contribution in [-0.4, -0.2) is 25.7 Å². The molecule has 0 atom stereocenters. The fraction of sp³-hybridized carbons (Fsp3) is 0.400. The molecule has 2 N–H and O–H groups in total. The monoisotopic (exact) mass is 283 g/mol. The molecule has 0 aliphatic carbocycles. The minimum absolute atomic E-state index is 0.266. The van der Waals surface area contributed by atoms with E-state index in [1.54, 1.807) is 0 Å². The average molecular weight is 283 g/mol. The minimum atomic E-state index is -4.50. The highest BCUT2D eigenvalue weighted by Crippen LogP contribution is 2.20. The standard InChI is InChI=1S/C10H12F3NO3S/c1-10(2,15)5-14-18(16,17)9-7(12)3-6(11)4-8(9)13/h3-4,14-15H,5H2,1-2H3. The minimum Gasteiger partial charge on any atom is -0.389 e. The van der Waals surface area contributed by atoms with Gasteiger partial charge >= 0.3 is 0 Å². The molecule has 0 radical (unpaired) electrons. The van der Waals surface area contributed by atoms with Gasteiger partial charge in [-0.1, -0.05) is 0 Å². The zero-order valence-electron chi connectivity index (χ0n) is 9.67. The van der Waals surface area contributed by atoms with Gasteiger partial charge < -0.3 is 5.11 Å². The second-order valence-electron chi connectivity index (χ2n) is 4.34. The third kappa shape index (κ3) is 3.69. The van der Waals surface area contributed by atoms with Crippen LogP contribution in [0.2, 0.25) is 0 Å². The number of sulfonamides is 1. The Labute approximate surface area is 102 Å². The van der Waals surface area contributed by atoms with Crippen molar-refractivity contribution < 1.29 is 26.7 Å². The van der Waals surface area contributed by atoms with Crippen molar-refractivity contribution in [2.45, 2.75) is 24.3 Å². The van der Waals surface area contributed by atoms with Crippen LogP contribution < -0.4 is 4.72 Å². The Morgan fingerprint density at radius 2 is 1.67 bits per heavy atom. The fourth-order valence-corrected chi connectivity index (χ4v) is 2.45. The van der Waals surface area contributed by atoms with E-state index in [9.17, 15) is 26.7 Å². The molecule has 1 aromatic carbocycles. The van der Waals surface area contributed by atoms with E-state index >= 15 is 0 Å². The third-order valence-corrected chi connectivity index (χ3v) is 3.38. The van der Waals surface area contributed by atoms with E-state index in [1.807, 2.05) is 4.72 Å². The average Bonchev–Trinajstić information content (AvgIpc) is 2.11. The van der Waals surface area contributed by atoms with Crippen molar-refractivity contribution in [2.75, 3.05) is 6.54 Å². The van der Waals surface area contributed by atoms with Gasteiger partial charge in [-0.2, -0.15) is 0 Å². The van der Waals surface area contributed by atoms with Gasteiger partial charge in [-0.05, 0) is 13.8 Å². The lowest BCUT2D eigenvalue weighted by Crippen LogP contribution is -2.38. The summed E-state index contributed by atoms with van der Waals surface area (Å²) in [5.74, 6) is -4.28. The summed E-state index contributed by atoms with van der Waals surface area (Å²) in [6.07, 6.45) is 0. The third-order valence-electron chi connectivity index (χ3n) is 1.93. The van der Waals surface area contributed by atoms with Crippen molar-refractivity contribution in [3.63, 3.8) is 0 Å². The molecule has 1 rings (SSSR count). The van der Waals surface area contributed by atoms with Crippen LogP contribution in [-0.2, 0) is 10.0 Å². The zero-order chi connectivity index (χ0) is 14.1. The van der Waals surface area contributed by atoms with Crippen molar-refractivity contribution in [3.05, 3.63) is 29.6 Å². The van der Waals surface area contributed by atoms with E-state index in [2.05, 4.69) is 0 Å². The SMILES string of the molecule is CC(C)(O)CNS(=O)(=O)c1c(F)cc(F)cc1F. The normalized spacial score (nSPS) is 12.8. The number of halogens is 3. The molecule has 102 valence electrons. The smallest absolute Gasteiger partial charge is 0.246 e. The highest BCUT2D eigenvalue weighted by atomic mass is 32.2. The van der Waals surface area contributed by atoms with Crippen LogP contribution in [0.3, 0.4) is 0 Å². The van der Waals surface area contributed by atoms with E-state index in [0.717, 1.165) is 0 Å². The van der Waals surface area contributed by atoms with Gasteiger partial charge in [0.2, 0.25) is 10.0 Å². The van der Waals surface area contributed by atoms with Gasteiger partial charge in [0.25, 0.3) is 0 Å². The summed E-state index contributed by atoms with van der Waals surface area (Å²) in [5.41, 5.74) is -1.39. The van der Waals surface area contributed by atoms with E-state index in [0.29, 0.717) is 0 Å².